The first kappa shape index (κ1) is 14.2. The molecule has 0 saturated carbocycles. The van der Waals surface area contributed by atoms with E-state index in [0.717, 1.165) is 17.7 Å². The molecule has 0 aromatic heterocycles. The Balaban J connectivity index is 2.18. The van der Waals surface area contributed by atoms with Crippen LogP contribution >= 0.6 is 23.2 Å². The van der Waals surface area contributed by atoms with Gasteiger partial charge in [0.1, 0.15) is 5.82 Å². The van der Waals surface area contributed by atoms with Crippen molar-refractivity contribution in [2.45, 2.75) is 19.4 Å². The maximum absolute atomic E-state index is 13.1. The summed E-state index contributed by atoms with van der Waals surface area (Å²) in [6.45, 7) is 2.08. The summed E-state index contributed by atoms with van der Waals surface area (Å²) in [6, 6.07) is 12.5. The zero-order valence-electron chi connectivity index (χ0n) is 10.5. The van der Waals surface area contributed by atoms with Gasteiger partial charge in [0.05, 0.1) is 11.1 Å². The molecular formula is C15H14Cl2FN. The van der Waals surface area contributed by atoms with E-state index in [9.17, 15) is 4.39 Å². The summed E-state index contributed by atoms with van der Waals surface area (Å²) < 4.78 is 13.1. The van der Waals surface area contributed by atoms with Crippen LogP contribution < -0.4 is 5.32 Å². The third kappa shape index (κ3) is 3.62. The summed E-state index contributed by atoms with van der Waals surface area (Å²) in [5.41, 5.74) is 1.93. The number of halogens is 3. The Morgan fingerprint density at radius 2 is 1.79 bits per heavy atom. The lowest BCUT2D eigenvalue weighted by atomic mass is 10.0. The van der Waals surface area contributed by atoms with E-state index in [1.807, 2.05) is 24.3 Å². The van der Waals surface area contributed by atoms with Crippen molar-refractivity contribution in [3.8, 4) is 0 Å². The lowest BCUT2D eigenvalue weighted by Gasteiger charge is -2.19. The second-order valence-electron chi connectivity index (χ2n) is 4.29. The molecule has 4 heteroatoms. The Morgan fingerprint density at radius 3 is 2.37 bits per heavy atom. The first-order valence-corrected chi connectivity index (χ1v) is 6.82. The summed E-state index contributed by atoms with van der Waals surface area (Å²) >= 11 is 11.7. The van der Waals surface area contributed by atoms with Crippen molar-refractivity contribution in [2.75, 3.05) is 5.32 Å². The summed E-state index contributed by atoms with van der Waals surface area (Å²) in [5.74, 6) is -0.410. The molecule has 2 aromatic carbocycles. The fourth-order valence-corrected chi connectivity index (χ4v) is 2.21. The molecule has 1 nitrogen and oxygen atoms in total. The topological polar surface area (TPSA) is 12.0 Å². The highest BCUT2D eigenvalue weighted by molar-refractivity contribution is 6.31. The van der Waals surface area contributed by atoms with Crippen LogP contribution in [0.3, 0.4) is 0 Å². The SMILES string of the molecule is CCC(Nc1ccc(F)c(Cl)c1)c1ccc(Cl)cc1. The van der Waals surface area contributed by atoms with Gasteiger partial charge in [-0.1, -0.05) is 42.3 Å². The van der Waals surface area contributed by atoms with Crippen LogP contribution in [0.4, 0.5) is 10.1 Å². The van der Waals surface area contributed by atoms with Gasteiger partial charge in [0.25, 0.3) is 0 Å². The number of nitrogens with one attached hydrogen (secondary N) is 1. The lowest BCUT2D eigenvalue weighted by Crippen LogP contribution is -2.09. The average Bonchev–Trinajstić information content (AvgIpc) is 2.41. The zero-order valence-corrected chi connectivity index (χ0v) is 12.0. The number of benzene rings is 2. The number of hydrogen-bond acceptors (Lipinski definition) is 1. The van der Waals surface area contributed by atoms with Crippen molar-refractivity contribution in [3.05, 3.63) is 63.9 Å². The maximum atomic E-state index is 13.1. The predicted octanol–water partition coefficient (Wildman–Crippen LogP) is 5.70. The number of anilines is 1. The molecule has 0 amide bonds. The molecule has 19 heavy (non-hydrogen) atoms. The van der Waals surface area contributed by atoms with E-state index in [-0.39, 0.29) is 11.1 Å². The molecule has 0 aliphatic carbocycles. The van der Waals surface area contributed by atoms with Crippen LogP contribution in [0.1, 0.15) is 24.9 Å². The highest BCUT2D eigenvalue weighted by atomic mass is 35.5. The molecule has 1 N–H and O–H groups in total. The Bertz CT molecular complexity index is 555. The molecule has 0 heterocycles. The largest absolute Gasteiger partial charge is 0.378 e. The molecule has 100 valence electrons. The quantitative estimate of drug-likeness (QED) is 0.764. The smallest absolute Gasteiger partial charge is 0.141 e. The van der Waals surface area contributed by atoms with Crippen LogP contribution in [0.25, 0.3) is 0 Å². The van der Waals surface area contributed by atoms with Gasteiger partial charge in [0.15, 0.2) is 0 Å². The molecule has 1 atom stereocenters. The molecule has 0 aliphatic rings. The Morgan fingerprint density at radius 1 is 1.11 bits per heavy atom. The number of hydrogen-bond donors (Lipinski definition) is 1. The van der Waals surface area contributed by atoms with Crippen molar-refractivity contribution in [3.63, 3.8) is 0 Å². The Kier molecular flexibility index (Phi) is 4.67. The van der Waals surface area contributed by atoms with Crippen LogP contribution in [-0.2, 0) is 0 Å². The molecule has 0 spiro atoms. The monoisotopic (exact) mass is 297 g/mol. The van der Waals surface area contributed by atoms with Gasteiger partial charge < -0.3 is 5.32 Å². The highest BCUT2D eigenvalue weighted by Crippen LogP contribution is 2.26. The molecule has 2 aromatic rings. The van der Waals surface area contributed by atoms with Crippen molar-refractivity contribution >= 4 is 28.9 Å². The fourth-order valence-electron chi connectivity index (χ4n) is 1.90. The average molecular weight is 298 g/mol. The van der Waals surface area contributed by atoms with Gasteiger partial charge in [-0.2, -0.15) is 0 Å². The summed E-state index contributed by atoms with van der Waals surface area (Å²) in [4.78, 5) is 0. The van der Waals surface area contributed by atoms with Crippen LogP contribution in [0, 0.1) is 5.82 Å². The van der Waals surface area contributed by atoms with Gasteiger partial charge >= 0.3 is 0 Å². The third-order valence-corrected chi connectivity index (χ3v) is 3.48. The van der Waals surface area contributed by atoms with E-state index in [0.29, 0.717) is 5.02 Å². The number of rotatable bonds is 4. The Hall–Kier alpha value is -1.25. The van der Waals surface area contributed by atoms with Crippen LogP contribution in [0.5, 0.6) is 0 Å². The molecule has 0 fully saturated rings. The maximum Gasteiger partial charge on any atom is 0.141 e. The van der Waals surface area contributed by atoms with E-state index in [1.54, 1.807) is 12.1 Å². The summed E-state index contributed by atoms with van der Waals surface area (Å²) in [5, 5.41) is 4.17. The molecule has 0 radical (unpaired) electrons. The first-order chi connectivity index (χ1) is 9.10. The molecule has 0 bridgehead atoms. The summed E-state index contributed by atoms with van der Waals surface area (Å²) in [6.07, 6.45) is 0.899. The van der Waals surface area contributed by atoms with Crippen molar-refractivity contribution in [1.29, 1.82) is 0 Å². The third-order valence-electron chi connectivity index (χ3n) is 2.94. The predicted molar refractivity (Wildman–Crippen MR) is 79.5 cm³/mol. The molecule has 0 aliphatic heterocycles. The van der Waals surface area contributed by atoms with Gasteiger partial charge in [0, 0.05) is 10.7 Å². The minimum Gasteiger partial charge on any atom is -0.378 e. The van der Waals surface area contributed by atoms with Gasteiger partial charge in [0.2, 0.25) is 0 Å². The van der Waals surface area contributed by atoms with Gasteiger partial charge in [-0.05, 0) is 42.3 Å². The van der Waals surface area contributed by atoms with E-state index in [1.165, 1.54) is 6.07 Å². The van der Waals surface area contributed by atoms with Crippen molar-refractivity contribution < 1.29 is 4.39 Å². The standard InChI is InChI=1S/C15H14Cl2FN/c1-2-15(10-3-5-11(16)6-4-10)19-12-7-8-14(18)13(17)9-12/h3-9,15,19H,2H2,1H3. The lowest BCUT2D eigenvalue weighted by molar-refractivity contribution is 0.628. The minimum atomic E-state index is -0.410. The van der Waals surface area contributed by atoms with E-state index in [2.05, 4.69) is 12.2 Å². The summed E-state index contributed by atoms with van der Waals surface area (Å²) in [7, 11) is 0. The molecule has 0 saturated heterocycles. The molecule has 1 unspecified atom stereocenters. The molecular weight excluding hydrogens is 284 g/mol. The van der Waals surface area contributed by atoms with E-state index >= 15 is 0 Å². The van der Waals surface area contributed by atoms with Gasteiger partial charge in [-0.15, -0.1) is 0 Å². The Labute approximate surface area is 122 Å². The highest BCUT2D eigenvalue weighted by Gasteiger charge is 2.10. The minimum absolute atomic E-state index is 0.121. The van der Waals surface area contributed by atoms with Gasteiger partial charge in [-0.3, -0.25) is 0 Å². The second kappa shape index (κ2) is 6.27. The van der Waals surface area contributed by atoms with E-state index in [4.69, 9.17) is 23.2 Å². The van der Waals surface area contributed by atoms with Crippen LogP contribution in [0.15, 0.2) is 42.5 Å². The zero-order chi connectivity index (χ0) is 13.8. The first-order valence-electron chi connectivity index (χ1n) is 6.07. The molecule has 2 rings (SSSR count). The van der Waals surface area contributed by atoms with E-state index < -0.39 is 5.82 Å². The normalized spacial score (nSPS) is 12.2. The van der Waals surface area contributed by atoms with Crippen LogP contribution in [0.2, 0.25) is 10.0 Å². The van der Waals surface area contributed by atoms with Crippen molar-refractivity contribution in [1.82, 2.24) is 0 Å². The van der Waals surface area contributed by atoms with Crippen molar-refractivity contribution in [2.24, 2.45) is 0 Å². The van der Waals surface area contributed by atoms with Gasteiger partial charge in [-0.25, -0.2) is 4.39 Å². The van der Waals surface area contributed by atoms with Crippen LogP contribution in [-0.4, -0.2) is 0 Å². The second-order valence-corrected chi connectivity index (χ2v) is 5.13. The fraction of sp³-hybridized carbons (Fsp3) is 0.200.